The molecule has 1 aromatic carbocycles. The zero-order chi connectivity index (χ0) is 24.3. The SMILES string of the molecule is CCS(=O)(=O)Nc1ncnc(OCCOc2ncc(SC)cn2)c1-c1ccc(C)cc1.CN. The quantitative estimate of drug-likeness (QED) is 0.320. The van der Waals surface area contributed by atoms with Crippen molar-refractivity contribution >= 4 is 27.6 Å². The predicted octanol–water partition coefficient (Wildman–Crippen LogP) is 2.76. The third kappa shape index (κ3) is 7.84. The van der Waals surface area contributed by atoms with Crippen molar-refractivity contribution in [3.8, 4) is 23.0 Å². The Hall–Kier alpha value is -2.96. The number of hydrogen-bond acceptors (Lipinski definition) is 10. The van der Waals surface area contributed by atoms with Gasteiger partial charge >= 0.3 is 6.01 Å². The van der Waals surface area contributed by atoms with Crippen LogP contribution in [0.4, 0.5) is 5.82 Å². The molecule has 0 fully saturated rings. The van der Waals surface area contributed by atoms with Gasteiger partial charge in [0.25, 0.3) is 0 Å². The summed E-state index contributed by atoms with van der Waals surface area (Å²) in [7, 11) is -2.03. The maximum absolute atomic E-state index is 12.1. The lowest BCUT2D eigenvalue weighted by Crippen LogP contribution is -2.17. The smallest absolute Gasteiger partial charge is 0.316 e. The Balaban J connectivity index is 0.00000187. The highest BCUT2D eigenvalue weighted by Gasteiger charge is 2.19. The van der Waals surface area contributed by atoms with Gasteiger partial charge in [0.2, 0.25) is 15.9 Å². The number of thioether (sulfide) groups is 1. The van der Waals surface area contributed by atoms with E-state index in [0.717, 1.165) is 16.0 Å². The molecule has 178 valence electrons. The standard InChI is InChI=1S/C20H23N5O4S2.CH5N/c1-4-31(26,27)25-18-17(15-7-5-14(2)6-8-15)19(24-13-23-18)28-9-10-29-20-21-11-16(30-3)12-22-20;1-2/h5-8,11-13H,4,9-10H2,1-3H3,(H,23,24,25);2H2,1H3. The summed E-state index contributed by atoms with van der Waals surface area (Å²) in [4.78, 5) is 17.5. The van der Waals surface area contributed by atoms with Gasteiger partial charge < -0.3 is 15.2 Å². The van der Waals surface area contributed by atoms with Gasteiger partial charge in [-0.05, 0) is 32.7 Å². The van der Waals surface area contributed by atoms with E-state index in [1.54, 1.807) is 31.1 Å². The fraction of sp³-hybridized carbons (Fsp3) is 0.333. The molecule has 0 unspecified atom stereocenters. The molecule has 3 N–H and O–H groups in total. The van der Waals surface area contributed by atoms with Gasteiger partial charge in [0, 0.05) is 17.3 Å². The van der Waals surface area contributed by atoms with E-state index in [0.29, 0.717) is 5.56 Å². The number of nitrogens with one attached hydrogen (secondary N) is 1. The van der Waals surface area contributed by atoms with Crippen molar-refractivity contribution in [3.63, 3.8) is 0 Å². The normalized spacial score (nSPS) is 10.7. The molecule has 0 spiro atoms. The van der Waals surface area contributed by atoms with E-state index >= 15 is 0 Å². The number of anilines is 1. The Morgan fingerprint density at radius 3 is 2.24 bits per heavy atom. The van der Waals surface area contributed by atoms with E-state index < -0.39 is 10.0 Å². The van der Waals surface area contributed by atoms with Gasteiger partial charge in [-0.3, -0.25) is 4.72 Å². The molecular formula is C21H28N6O4S2. The summed E-state index contributed by atoms with van der Waals surface area (Å²) >= 11 is 1.54. The summed E-state index contributed by atoms with van der Waals surface area (Å²) in [6.07, 6.45) is 6.56. The van der Waals surface area contributed by atoms with E-state index in [1.807, 2.05) is 37.4 Å². The van der Waals surface area contributed by atoms with Gasteiger partial charge in [0.15, 0.2) is 5.82 Å². The highest BCUT2D eigenvalue weighted by molar-refractivity contribution is 7.98. The average molecular weight is 493 g/mol. The van der Waals surface area contributed by atoms with E-state index in [1.165, 1.54) is 13.4 Å². The molecular weight excluding hydrogens is 464 g/mol. The minimum atomic E-state index is -3.53. The number of nitrogens with two attached hydrogens (primary N) is 1. The van der Waals surface area contributed by atoms with Crippen molar-refractivity contribution in [3.05, 3.63) is 48.5 Å². The minimum absolute atomic E-state index is 0.0797. The number of aromatic nitrogens is 4. The molecule has 12 heteroatoms. The molecule has 2 aromatic heterocycles. The third-order valence-corrected chi connectivity index (χ3v) is 6.13. The van der Waals surface area contributed by atoms with Crippen LogP contribution in [0.15, 0.2) is 47.9 Å². The van der Waals surface area contributed by atoms with Gasteiger partial charge in [-0.15, -0.1) is 11.8 Å². The second-order valence-electron chi connectivity index (χ2n) is 6.38. The molecule has 33 heavy (non-hydrogen) atoms. The first-order valence-corrected chi connectivity index (χ1v) is 12.9. The van der Waals surface area contributed by atoms with Crippen molar-refractivity contribution in [1.29, 1.82) is 0 Å². The number of nitrogens with zero attached hydrogens (tertiary/aromatic N) is 4. The van der Waals surface area contributed by atoms with Crippen LogP contribution < -0.4 is 19.9 Å². The lowest BCUT2D eigenvalue weighted by Gasteiger charge is -2.15. The second kappa shape index (κ2) is 12.9. The zero-order valence-electron chi connectivity index (χ0n) is 19.0. The summed E-state index contributed by atoms with van der Waals surface area (Å²) in [6.45, 7) is 3.86. The molecule has 0 bridgehead atoms. The summed E-state index contributed by atoms with van der Waals surface area (Å²) in [5.41, 5.74) is 6.76. The maximum atomic E-state index is 12.1. The van der Waals surface area contributed by atoms with Crippen molar-refractivity contribution in [2.75, 3.05) is 37.0 Å². The number of aryl methyl sites for hydroxylation is 1. The molecule has 3 rings (SSSR count). The van der Waals surface area contributed by atoms with Crippen molar-refractivity contribution in [2.24, 2.45) is 5.73 Å². The van der Waals surface area contributed by atoms with Crippen molar-refractivity contribution in [2.45, 2.75) is 18.7 Å². The van der Waals surface area contributed by atoms with Gasteiger partial charge in [-0.2, -0.15) is 0 Å². The molecule has 0 saturated heterocycles. The Kier molecular flexibility index (Phi) is 10.3. The van der Waals surface area contributed by atoms with Crippen LogP contribution in [-0.2, 0) is 10.0 Å². The Morgan fingerprint density at radius 1 is 1.00 bits per heavy atom. The van der Waals surface area contributed by atoms with Gasteiger partial charge in [-0.1, -0.05) is 29.8 Å². The van der Waals surface area contributed by atoms with Crippen LogP contribution >= 0.6 is 11.8 Å². The first kappa shape index (κ1) is 26.3. The van der Waals surface area contributed by atoms with E-state index in [9.17, 15) is 8.42 Å². The topological polar surface area (TPSA) is 142 Å². The van der Waals surface area contributed by atoms with Crippen LogP contribution in [0.1, 0.15) is 12.5 Å². The molecule has 10 nitrogen and oxygen atoms in total. The summed E-state index contributed by atoms with van der Waals surface area (Å²) in [5, 5.41) is 0. The Bertz CT molecular complexity index is 1110. The van der Waals surface area contributed by atoms with Crippen molar-refractivity contribution < 1.29 is 17.9 Å². The molecule has 0 radical (unpaired) electrons. The molecule has 0 atom stereocenters. The van der Waals surface area contributed by atoms with Crippen LogP contribution in [0.2, 0.25) is 0 Å². The van der Waals surface area contributed by atoms with E-state index in [4.69, 9.17) is 9.47 Å². The lowest BCUT2D eigenvalue weighted by molar-refractivity contribution is 0.201. The largest absolute Gasteiger partial charge is 0.473 e. The fourth-order valence-corrected chi connectivity index (χ4v) is 3.42. The molecule has 0 aliphatic carbocycles. The summed E-state index contributed by atoms with van der Waals surface area (Å²) in [5.74, 6) is 0.325. The van der Waals surface area contributed by atoms with E-state index in [-0.39, 0.29) is 36.7 Å². The van der Waals surface area contributed by atoms with E-state index in [2.05, 4.69) is 30.4 Å². The van der Waals surface area contributed by atoms with Crippen molar-refractivity contribution in [1.82, 2.24) is 19.9 Å². The maximum Gasteiger partial charge on any atom is 0.316 e. The highest BCUT2D eigenvalue weighted by Crippen LogP contribution is 2.34. The lowest BCUT2D eigenvalue weighted by atomic mass is 10.1. The second-order valence-corrected chi connectivity index (χ2v) is 9.27. The fourth-order valence-electron chi connectivity index (χ4n) is 2.51. The minimum Gasteiger partial charge on any atom is -0.473 e. The Morgan fingerprint density at radius 2 is 1.64 bits per heavy atom. The summed E-state index contributed by atoms with van der Waals surface area (Å²) < 4.78 is 38.1. The molecule has 2 heterocycles. The number of benzene rings is 1. The van der Waals surface area contributed by atoms with Gasteiger partial charge in [0.05, 0.1) is 11.3 Å². The van der Waals surface area contributed by atoms with Crippen LogP contribution in [0.5, 0.6) is 11.9 Å². The molecule has 0 aliphatic rings. The van der Waals surface area contributed by atoms with Crippen LogP contribution in [0, 0.1) is 6.92 Å². The van der Waals surface area contributed by atoms with Gasteiger partial charge in [0.1, 0.15) is 19.5 Å². The zero-order valence-corrected chi connectivity index (χ0v) is 20.6. The first-order valence-electron chi connectivity index (χ1n) is 10.0. The number of rotatable bonds is 10. The highest BCUT2D eigenvalue weighted by atomic mass is 32.2. The molecule has 0 saturated carbocycles. The monoisotopic (exact) mass is 492 g/mol. The average Bonchev–Trinajstić information content (AvgIpc) is 2.84. The number of hydrogen-bond donors (Lipinski definition) is 2. The molecule has 0 amide bonds. The van der Waals surface area contributed by atoms with Gasteiger partial charge in [-0.25, -0.2) is 28.4 Å². The number of sulfonamides is 1. The molecule has 0 aliphatic heterocycles. The third-order valence-electron chi connectivity index (χ3n) is 4.18. The summed E-state index contributed by atoms with van der Waals surface area (Å²) in [6, 6.07) is 7.82. The first-order chi connectivity index (χ1) is 15.9. The predicted molar refractivity (Wildman–Crippen MR) is 130 cm³/mol. The van der Waals surface area contributed by atoms with Crippen LogP contribution in [-0.4, -0.2) is 60.6 Å². The number of ether oxygens (including phenoxy) is 2. The van der Waals surface area contributed by atoms with Crippen LogP contribution in [0.3, 0.4) is 0 Å². The Labute approximate surface area is 198 Å². The molecule has 3 aromatic rings. The van der Waals surface area contributed by atoms with Crippen LogP contribution in [0.25, 0.3) is 11.1 Å².